The number of esters is 4. The molecule has 8 unspecified atom stereocenters. The molecule has 1 fully saturated rings. The van der Waals surface area contributed by atoms with Crippen LogP contribution < -0.4 is 0 Å². The van der Waals surface area contributed by atoms with Crippen molar-refractivity contribution in [2.24, 2.45) is 46.8 Å². The normalized spacial score (nSPS) is 35.6. The number of allylic oxidation sites excluding steroid dienone is 2. The number of carboxylic acids is 2. The van der Waals surface area contributed by atoms with Gasteiger partial charge in [-0.25, -0.2) is 9.59 Å². The molecule has 0 aliphatic heterocycles. The molecule has 204 valence electrons. The first-order valence-electron chi connectivity index (χ1n) is 12.9. The van der Waals surface area contributed by atoms with Crippen LogP contribution in [0, 0.1) is 46.8 Å². The van der Waals surface area contributed by atoms with E-state index in [-0.39, 0.29) is 28.9 Å². The number of ether oxygens (including phenoxy) is 2. The summed E-state index contributed by atoms with van der Waals surface area (Å²) in [6.45, 7) is 5.17. The zero-order valence-electron chi connectivity index (χ0n) is 21.5. The van der Waals surface area contributed by atoms with Gasteiger partial charge in [0, 0.05) is 5.41 Å². The number of hydrogen-bond donors (Lipinski definition) is 2. The second-order valence-electron chi connectivity index (χ2n) is 11.3. The number of fused-ring (bicyclic) bond motifs is 2. The Morgan fingerprint density at radius 3 is 1.76 bits per heavy atom. The molecule has 0 aromatic heterocycles. The number of hydrogen-bond acceptors (Lipinski definition) is 8. The van der Waals surface area contributed by atoms with Crippen LogP contribution in [0.5, 0.6) is 0 Å². The summed E-state index contributed by atoms with van der Waals surface area (Å²) < 4.78 is 10.3. The lowest BCUT2D eigenvalue weighted by Gasteiger charge is -2.29. The lowest BCUT2D eigenvalue weighted by molar-refractivity contribution is -0.166. The quantitative estimate of drug-likeness (QED) is 0.298. The Morgan fingerprint density at radius 2 is 1.29 bits per heavy atom. The maximum atomic E-state index is 13.3. The van der Waals surface area contributed by atoms with Crippen LogP contribution in [-0.2, 0) is 38.2 Å². The third-order valence-corrected chi connectivity index (χ3v) is 8.65. The van der Waals surface area contributed by atoms with Crippen LogP contribution in [0.1, 0.15) is 52.9 Å². The highest BCUT2D eigenvalue weighted by molar-refractivity contribution is 6.08. The zero-order chi connectivity index (χ0) is 27.9. The van der Waals surface area contributed by atoms with Crippen LogP contribution in [0.15, 0.2) is 35.5 Å². The summed E-state index contributed by atoms with van der Waals surface area (Å²) >= 11 is 0. The Kier molecular flexibility index (Phi) is 7.45. The van der Waals surface area contributed by atoms with Crippen LogP contribution in [0.25, 0.3) is 0 Å². The summed E-state index contributed by atoms with van der Waals surface area (Å²) in [5.74, 6) is -11.9. The molecule has 8 atom stereocenters. The van der Waals surface area contributed by atoms with Crippen LogP contribution in [-0.4, -0.2) is 46.0 Å². The molecule has 38 heavy (non-hydrogen) atoms. The van der Waals surface area contributed by atoms with E-state index in [1.165, 1.54) is 12.2 Å². The highest BCUT2D eigenvalue weighted by Crippen LogP contribution is 2.57. The number of aliphatic carboxylic acids is 2. The minimum atomic E-state index is -1.17. The highest BCUT2D eigenvalue weighted by Gasteiger charge is 2.54. The molecule has 10 heteroatoms. The van der Waals surface area contributed by atoms with Crippen molar-refractivity contribution in [3.05, 3.63) is 35.5 Å². The lowest BCUT2D eigenvalue weighted by Crippen LogP contribution is -2.38. The van der Waals surface area contributed by atoms with E-state index in [0.717, 1.165) is 0 Å². The predicted octanol–water partition coefficient (Wildman–Crippen LogP) is 3.07. The molecular weight excluding hydrogens is 496 g/mol. The fourth-order valence-corrected chi connectivity index (χ4v) is 6.66. The molecule has 0 aromatic carbocycles. The molecule has 4 aliphatic carbocycles. The molecule has 0 radical (unpaired) electrons. The predicted molar refractivity (Wildman–Crippen MR) is 130 cm³/mol. The summed E-state index contributed by atoms with van der Waals surface area (Å²) in [6.07, 6.45) is 8.72. The van der Waals surface area contributed by atoms with Crippen molar-refractivity contribution in [1.82, 2.24) is 0 Å². The summed E-state index contributed by atoms with van der Waals surface area (Å²) in [7, 11) is 0. The smallest absolute Gasteiger partial charge is 0.342 e. The van der Waals surface area contributed by atoms with Crippen molar-refractivity contribution in [2.75, 3.05) is 0 Å². The van der Waals surface area contributed by atoms with E-state index in [1.54, 1.807) is 32.9 Å². The van der Waals surface area contributed by atoms with Crippen molar-refractivity contribution in [3.8, 4) is 0 Å². The number of carboxylic acid groups (broad SMARTS) is 2. The molecule has 2 bridgehead atoms. The Balaban J connectivity index is 1.57. The summed E-state index contributed by atoms with van der Waals surface area (Å²) in [6, 6.07) is 0. The first-order valence-corrected chi connectivity index (χ1v) is 12.9. The topological polar surface area (TPSA) is 161 Å². The van der Waals surface area contributed by atoms with Crippen molar-refractivity contribution < 1.29 is 48.5 Å². The maximum absolute atomic E-state index is 13.3. The molecular formula is C28H32O10. The standard InChI is InChI=1S/C28H32O10/c1-13-6-4-8-16(18(13)22(29)30)24(33)37-26(35)20-15-10-11-28(3,12-15)21(20)27(36)38-25(34)17-9-5-7-14(2)19(17)23(31)32/h4-5,8-9,13-19H,6-7,10-12H2,1-3H3,(H,29,30)(H,31,32). The van der Waals surface area contributed by atoms with Crippen LogP contribution >= 0.6 is 0 Å². The number of carbonyl (C=O) groups is 6. The van der Waals surface area contributed by atoms with Crippen molar-refractivity contribution in [2.45, 2.75) is 52.9 Å². The number of rotatable bonds is 6. The van der Waals surface area contributed by atoms with Gasteiger partial charge in [-0.15, -0.1) is 0 Å². The van der Waals surface area contributed by atoms with Gasteiger partial charge in [0.1, 0.15) is 0 Å². The van der Waals surface area contributed by atoms with E-state index in [4.69, 9.17) is 9.47 Å². The van der Waals surface area contributed by atoms with E-state index >= 15 is 0 Å². The first-order chi connectivity index (χ1) is 17.9. The van der Waals surface area contributed by atoms with Gasteiger partial charge >= 0.3 is 35.8 Å². The Morgan fingerprint density at radius 1 is 0.816 bits per heavy atom. The average molecular weight is 529 g/mol. The lowest BCUT2D eigenvalue weighted by atomic mass is 9.76. The van der Waals surface area contributed by atoms with Crippen molar-refractivity contribution >= 4 is 35.8 Å². The van der Waals surface area contributed by atoms with Gasteiger partial charge in [0.2, 0.25) is 0 Å². The molecule has 2 N–H and O–H groups in total. The molecule has 4 rings (SSSR count). The zero-order valence-corrected chi connectivity index (χ0v) is 21.5. The minimum absolute atomic E-state index is 0.0352. The van der Waals surface area contributed by atoms with E-state index in [2.05, 4.69) is 0 Å². The van der Waals surface area contributed by atoms with Gasteiger partial charge in [-0.05, 0) is 49.9 Å². The van der Waals surface area contributed by atoms with E-state index in [9.17, 15) is 39.0 Å². The van der Waals surface area contributed by atoms with Gasteiger partial charge < -0.3 is 19.7 Å². The SMILES string of the molecule is CC1CC=CC(C(=O)OC(=O)C2=C(C(=O)OC(=O)C3C=CCC(C)C3C(=O)O)C3(C)CCC2C3)C1C(=O)O. The molecule has 0 heterocycles. The first kappa shape index (κ1) is 27.5. The van der Waals surface area contributed by atoms with Crippen LogP contribution in [0.4, 0.5) is 0 Å². The van der Waals surface area contributed by atoms with Gasteiger partial charge in [-0.2, -0.15) is 0 Å². The van der Waals surface area contributed by atoms with Gasteiger partial charge in [0.05, 0.1) is 34.8 Å². The second kappa shape index (κ2) is 10.3. The third-order valence-electron chi connectivity index (χ3n) is 8.65. The Labute approximate surface area is 219 Å². The fourth-order valence-electron chi connectivity index (χ4n) is 6.66. The minimum Gasteiger partial charge on any atom is -0.481 e. The molecule has 4 aliphatic rings. The van der Waals surface area contributed by atoms with E-state index < -0.39 is 64.9 Å². The largest absolute Gasteiger partial charge is 0.481 e. The average Bonchev–Trinajstić information content (AvgIpc) is 3.36. The molecule has 0 aromatic rings. The van der Waals surface area contributed by atoms with Gasteiger partial charge in [-0.3, -0.25) is 19.2 Å². The Hall–Kier alpha value is -3.56. The summed E-state index contributed by atoms with van der Waals surface area (Å²) in [5.41, 5.74) is -0.849. The second-order valence-corrected chi connectivity index (χ2v) is 11.3. The summed E-state index contributed by atoms with van der Waals surface area (Å²) in [4.78, 5) is 75.8. The number of carbonyl (C=O) groups excluding carboxylic acids is 4. The fraction of sp³-hybridized carbons (Fsp3) is 0.571. The van der Waals surface area contributed by atoms with E-state index in [0.29, 0.717) is 32.1 Å². The van der Waals surface area contributed by atoms with Gasteiger partial charge in [0.15, 0.2) is 0 Å². The Bertz CT molecular complexity index is 1180. The third kappa shape index (κ3) is 4.83. The van der Waals surface area contributed by atoms with Crippen LogP contribution in [0.2, 0.25) is 0 Å². The molecule has 0 saturated heterocycles. The molecule has 0 amide bonds. The molecule has 0 spiro atoms. The maximum Gasteiger partial charge on any atom is 0.342 e. The van der Waals surface area contributed by atoms with Gasteiger partial charge in [-0.1, -0.05) is 45.1 Å². The van der Waals surface area contributed by atoms with Crippen molar-refractivity contribution in [3.63, 3.8) is 0 Å². The monoisotopic (exact) mass is 528 g/mol. The summed E-state index contributed by atoms with van der Waals surface area (Å²) in [5, 5.41) is 19.2. The van der Waals surface area contributed by atoms with Crippen LogP contribution in [0.3, 0.4) is 0 Å². The van der Waals surface area contributed by atoms with Crippen molar-refractivity contribution in [1.29, 1.82) is 0 Å². The molecule has 1 saturated carbocycles. The van der Waals surface area contributed by atoms with E-state index in [1.807, 2.05) is 0 Å². The van der Waals surface area contributed by atoms with Gasteiger partial charge in [0.25, 0.3) is 0 Å². The highest BCUT2D eigenvalue weighted by atomic mass is 16.6. The molecule has 10 nitrogen and oxygen atoms in total.